The number of anilines is 1. The second-order valence-electron chi connectivity index (χ2n) is 7.78. The van der Waals surface area contributed by atoms with Crippen LogP contribution in [0.1, 0.15) is 18.3 Å². The molecule has 1 aromatic heterocycles. The standard InChI is InChI=1S/C25H26N4O3S/c1-3-24-27-22-11-7-8-12-23(22)29(24)18-25(30)26-20-13-15-21(16-14-20)33(31,32)28(2)17-19-9-5-4-6-10-19/h4-16H,3,17-18H2,1-2H3,(H,26,30). The van der Waals surface area contributed by atoms with Gasteiger partial charge in [-0.15, -0.1) is 0 Å². The fourth-order valence-electron chi connectivity index (χ4n) is 3.73. The number of hydrogen-bond donors (Lipinski definition) is 1. The lowest BCUT2D eigenvalue weighted by Gasteiger charge is -2.17. The topological polar surface area (TPSA) is 84.3 Å². The maximum absolute atomic E-state index is 12.9. The number of nitrogens with one attached hydrogen (secondary N) is 1. The molecule has 0 spiro atoms. The van der Waals surface area contributed by atoms with E-state index in [4.69, 9.17) is 0 Å². The van der Waals surface area contributed by atoms with Crippen LogP contribution in [0.3, 0.4) is 0 Å². The first-order valence-corrected chi connectivity index (χ1v) is 12.2. The van der Waals surface area contributed by atoms with Gasteiger partial charge in [0.2, 0.25) is 15.9 Å². The van der Waals surface area contributed by atoms with Gasteiger partial charge < -0.3 is 9.88 Å². The van der Waals surface area contributed by atoms with Crippen molar-refractivity contribution in [1.29, 1.82) is 0 Å². The molecule has 0 bridgehead atoms. The third-order valence-corrected chi connectivity index (χ3v) is 7.26. The van der Waals surface area contributed by atoms with Crippen LogP contribution >= 0.6 is 0 Å². The van der Waals surface area contributed by atoms with Crippen molar-refractivity contribution in [1.82, 2.24) is 13.9 Å². The van der Waals surface area contributed by atoms with Crippen molar-refractivity contribution >= 4 is 32.7 Å². The lowest BCUT2D eigenvalue weighted by atomic mass is 10.2. The Kier molecular flexibility index (Phi) is 6.57. The number of sulfonamides is 1. The predicted octanol–water partition coefficient (Wildman–Crippen LogP) is 4.06. The van der Waals surface area contributed by atoms with Gasteiger partial charge in [0, 0.05) is 25.7 Å². The highest BCUT2D eigenvalue weighted by atomic mass is 32.2. The van der Waals surface area contributed by atoms with Crippen molar-refractivity contribution in [2.75, 3.05) is 12.4 Å². The Morgan fingerprint density at radius 2 is 1.64 bits per heavy atom. The largest absolute Gasteiger partial charge is 0.325 e. The zero-order chi connectivity index (χ0) is 23.4. The summed E-state index contributed by atoms with van der Waals surface area (Å²) in [5, 5.41) is 2.85. The number of aromatic nitrogens is 2. The van der Waals surface area contributed by atoms with Gasteiger partial charge in [-0.3, -0.25) is 4.79 Å². The molecule has 0 atom stereocenters. The zero-order valence-corrected chi connectivity index (χ0v) is 19.4. The summed E-state index contributed by atoms with van der Waals surface area (Å²) >= 11 is 0. The van der Waals surface area contributed by atoms with E-state index in [1.807, 2.05) is 66.1 Å². The molecule has 0 fully saturated rings. The molecule has 8 heteroatoms. The molecule has 4 rings (SSSR count). The van der Waals surface area contributed by atoms with Crippen molar-refractivity contribution in [2.45, 2.75) is 31.3 Å². The van der Waals surface area contributed by atoms with E-state index in [1.165, 1.54) is 16.4 Å². The van der Waals surface area contributed by atoms with Crippen LogP contribution in [0.4, 0.5) is 5.69 Å². The average molecular weight is 463 g/mol. The summed E-state index contributed by atoms with van der Waals surface area (Å²) in [6.07, 6.45) is 0.713. The van der Waals surface area contributed by atoms with Crippen LogP contribution in [0.2, 0.25) is 0 Å². The summed E-state index contributed by atoms with van der Waals surface area (Å²) in [7, 11) is -2.09. The Hall–Kier alpha value is -3.49. The monoisotopic (exact) mass is 462 g/mol. The Labute approximate surface area is 193 Å². The first-order chi connectivity index (χ1) is 15.9. The summed E-state index contributed by atoms with van der Waals surface area (Å²) < 4.78 is 29.0. The van der Waals surface area contributed by atoms with E-state index in [0.29, 0.717) is 12.1 Å². The Bertz CT molecular complexity index is 1360. The number of rotatable bonds is 8. The molecule has 0 saturated carbocycles. The Morgan fingerprint density at radius 1 is 0.970 bits per heavy atom. The van der Waals surface area contributed by atoms with Gasteiger partial charge in [0.25, 0.3) is 0 Å². The van der Waals surface area contributed by atoms with Gasteiger partial charge in [-0.05, 0) is 42.0 Å². The number of fused-ring (bicyclic) bond motifs is 1. The number of para-hydroxylation sites is 2. The number of hydrogen-bond acceptors (Lipinski definition) is 4. The minimum Gasteiger partial charge on any atom is -0.325 e. The number of benzene rings is 3. The fraction of sp³-hybridized carbons (Fsp3) is 0.200. The van der Waals surface area contributed by atoms with Crippen LogP contribution in [-0.4, -0.2) is 35.2 Å². The number of carbonyl (C=O) groups is 1. The lowest BCUT2D eigenvalue weighted by Crippen LogP contribution is -2.26. The molecular weight excluding hydrogens is 436 g/mol. The molecule has 0 aliphatic heterocycles. The third kappa shape index (κ3) is 4.97. The van der Waals surface area contributed by atoms with Crippen LogP contribution in [0.25, 0.3) is 11.0 Å². The molecule has 0 unspecified atom stereocenters. The first-order valence-electron chi connectivity index (χ1n) is 10.7. The molecule has 7 nitrogen and oxygen atoms in total. The zero-order valence-electron chi connectivity index (χ0n) is 18.6. The third-order valence-electron chi connectivity index (χ3n) is 5.45. The highest BCUT2D eigenvalue weighted by molar-refractivity contribution is 7.89. The van der Waals surface area contributed by atoms with Crippen molar-refractivity contribution in [3.63, 3.8) is 0 Å². The second-order valence-corrected chi connectivity index (χ2v) is 9.82. The molecule has 1 N–H and O–H groups in total. The molecule has 0 saturated heterocycles. The van der Waals surface area contributed by atoms with E-state index in [2.05, 4.69) is 10.3 Å². The molecule has 0 aliphatic rings. The van der Waals surface area contributed by atoms with Crippen LogP contribution in [0, 0.1) is 0 Å². The number of carbonyl (C=O) groups excluding carboxylic acids is 1. The molecule has 3 aromatic carbocycles. The SMILES string of the molecule is CCc1nc2ccccc2n1CC(=O)Nc1ccc(S(=O)(=O)N(C)Cc2ccccc2)cc1. The van der Waals surface area contributed by atoms with E-state index in [-0.39, 0.29) is 23.9 Å². The normalized spacial score (nSPS) is 11.7. The highest BCUT2D eigenvalue weighted by Crippen LogP contribution is 2.20. The van der Waals surface area contributed by atoms with Gasteiger partial charge in [-0.1, -0.05) is 49.4 Å². The quantitative estimate of drug-likeness (QED) is 0.428. The van der Waals surface area contributed by atoms with Crippen molar-refractivity contribution < 1.29 is 13.2 Å². The lowest BCUT2D eigenvalue weighted by molar-refractivity contribution is -0.116. The van der Waals surface area contributed by atoms with Gasteiger partial charge in [0.15, 0.2) is 0 Å². The number of amides is 1. The molecule has 0 aliphatic carbocycles. The van der Waals surface area contributed by atoms with Crippen LogP contribution in [0.5, 0.6) is 0 Å². The number of nitrogens with zero attached hydrogens (tertiary/aromatic N) is 3. The molecule has 4 aromatic rings. The molecule has 33 heavy (non-hydrogen) atoms. The van der Waals surface area contributed by atoms with Gasteiger partial charge >= 0.3 is 0 Å². The molecule has 1 amide bonds. The van der Waals surface area contributed by atoms with E-state index < -0.39 is 10.0 Å². The summed E-state index contributed by atoms with van der Waals surface area (Å²) in [5.74, 6) is 0.638. The minimum absolute atomic E-state index is 0.129. The molecule has 1 heterocycles. The summed E-state index contributed by atoms with van der Waals surface area (Å²) in [6.45, 7) is 2.41. The van der Waals surface area contributed by atoms with Gasteiger partial charge in [0.1, 0.15) is 12.4 Å². The average Bonchev–Trinajstić information content (AvgIpc) is 3.17. The Morgan fingerprint density at radius 3 is 2.33 bits per heavy atom. The van der Waals surface area contributed by atoms with E-state index >= 15 is 0 Å². The van der Waals surface area contributed by atoms with Crippen molar-refractivity contribution in [2.24, 2.45) is 0 Å². The predicted molar refractivity (Wildman–Crippen MR) is 129 cm³/mol. The van der Waals surface area contributed by atoms with Gasteiger partial charge in [-0.25, -0.2) is 13.4 Å². The van der Waals surface area contributed by atoms with Gasteiger partial charge in [-0.2, -0.15) is 4.31 Å². The first kappa shape index (κ1) is 22.7. The van der Waals surface area contributed by atoms with Gasteiger partial charge in [0.05, 0.1) is 15.9 Å². The molecule has 170 valence electrons. The van der Waals surface area contributed by atoms with E-state index in [0.717, 1.165) is 22.4 Å². The molecule has 0 radical (unpaired) electrons. The Balaban J connectivity index is 1.45. The van der Waals surface area contributed by atoms with Crippen LogP contribution in [-0.2, 0) is 34.3 Å². The van der Waals surface area contributed by atoms with Crippen LogP contribution < -0.4 is 5.32 Å². The van der Waals surface area contributed by atoms with E-state index in [1.54, 1.807) is 19.2 Å². The maximum atomic E-state index is 12.9. The number of imidazole rings is 1. The smallest absolute Gasteiger partial charge is 0.244 e. The van der Waals surface area contributed by atoms with E-state index in [9.17, 15) is 13.2 Å². The molecular formula is C25H26N4O3S. The number of aryl methyl sites for hydroxylation is 1. The highest BCUT2D eigenvalue weighted by Gasteiger charge is 2.21. The fourth-order valence-corrected chi connectivity index (χ4v) is 4.89. The summed E-state index contributed by atoms with van der Waals surface area (Å²) in [6, 6.07) is 23.4. The van der Waals surface area contributed by atoms with Crippen molar-refractivity contribution in [3.8, 4) is 0 Å². The maximum Gasteiger partial charge on any atom is 0.244 e. The minimum atomic E-state index is -3.65. The second kappa shape index (κ2) is 9.56. The summed E-state index contributed by atoms with van der Waals surface area (Å²) in [5.41, 5.74) is 3.21. The van der Waals surface area contributed by atoms with Crippen LogP contribution in [0.15, 0.2) is 83.8 Å². The van der Waals surface area contributed by atoms with Crippen molar-refractivity contribution in [3.05, 3.63) is 90.3 Å². The summed E-state index contributed by atoms with van der Waals surface area (Å²) in [4.78, 5) is 17.5.